The molecule has 1 atom stereocenters. The van der Waals surface area contributed by atoms with Crippen molar-refractivity contribution in [2.75, 3.05) is 6.54 Å². The minimum Gasteiger partial charge on any atom is -0.481 e. The molecule has 0 spiro atoms. The SMILES string of the molecule is C[C@@H](CNC(=O)OC(C)(C)C)OC(=O)CCC(=O)O. The Kier molecular flexibility index (Phi) is 6.89. The Labute approximate surface area is 112 Å². The molecular weight excluding hydrogens is 254 g/mol. The van der Waals surface area contributed by atoms with Crippen molar-refractivity contribution in [2.24, 2.45) is 0 Å². The van der Waals surface area contributed by atoms with Gasteiger partial charge in [0.05, 0.1) is 19.4 Å². The number of nitrogens with one attached hydrogen (secondary N) is 1. The highest BCUT2D eigenvalue weighted by molar-refractivity contribution is 5.76. The number of amides is 1. The summed E-state index contributed by atoms with van der Waals surface area (Å²) in [5.41, 5.74) is -0.592. The lowest BCUT2D eigenvalue weighted by Crippen LogP contribution is -2.37. The van der Waals surface area contributed by atoms with E-state index in [4.69, 9.17) is 14.6 Å². The number of carbonyl (C=O) groups excluding carboxylic acids is 2. The summed E-state index contributed by atoms with van der Waals surface area (Å²) in [6.07, 6.45) is -1.60. The normalized spacial score (nSPS) is 12.4. The van der Waals surface area contributed by atoms with Crippen LogP contribution in [0.3, 0.4) is 0 Å². The summed E-state index contributed by atoms with van der Waals surface area (Å²) in [5, 5.41) is 10.9. The van der Waals surface area contributed by atoms with Gasteiger partial charge in [-0.2, -0.15) is 0 Å². The van der Waals surface area contributed by atoms with Gasteiger partial charge in [0.2, 0.25) is 0 Å². The third kappa shape index (κ3) is 11.1. The Morgan fingerprint density at radius 3 is 2.26 bits per heavy atom. The number of carbonyl (C=O) groups is 3. The molecule has 0 heterocycles. The first-order valence-electron chi connectivity index (χ1n) is 5.98. The molecule has 0 aromatic carbocycles. The van der Waals surface area contributed by atoms with Gasteiger partial charge in [0.15, 0.2) is 0 Å². The van der Waals surface area contributed by atoms with Crippen molar-refractivity contribution in [2.45, 2.75) is 52.2 Å². The summed E-state index contributed by atoms with van der Waals surface area (Å²) in [4.78, 5) is 32.8. The molecule has 0 bridgehead atoms. The van der Waals surface area contributed by atoms with Crippen LogP contribution in [-0.2, 0) is 19.1 Å². The van der Waals surface area contributed by atoms with Crippen molar-refractivity contribution < 1.29 is 29.0 Å². The van der Waals surface area contributed by atoms with Crippen LogP contribution in [0.15, 0.2) is 0 Å². The Hall–Kier alpha value is -1.79. The summed E-state index contributed by atoms with van der Waals surface area (Å²) in [5.74, 6) is -1.67. The van der Waals surface area contributed by atoms with Crippen LogP contribution in [0, 0.1) is 0 Å². The molecule has 0 aliphatic heterocycles. The van der Waals surface area contributed by atoms with Crippen LogP contribution in [0.2, 0.25) is 0 Å². The minimum absolute atomic E-state index is 0.105. The molecule has 0 saturated heterocycles. The molecule has 0 unspecified atom stereocenters. The lowest BCUT2D eigenvalue weighted by atomic mass is 10.2. The maximum atomic E-state index is 11.3. The van der Waals surface area contributed by atoms with Gasteiger partial charge >= 0.3 is 18.0 Å². The molecule has 0 aromatic heterocycles. The van der Waals surface area contributed by atoms with Gasteiger partial charge in [-0.05, 0) is 27.7 Å². The summed E-state index contributed by atoms with van der Waals surface area (Å²) in [7, 11) is 0. The van der Waals surface area contributed by atoms with E-state index in [-0.39, 0.29) is 19.4 Å². The first kappa shape index (κ1) is 17.2. The van der Waals surface area contributed by atoms with E-state index in [9.17, 15) is 14.4 Å². The first-order chi connectivity index (χ1) is 8.60. The Balaban J connectivity index is 3.86. The van der Waals surface area contributed by atoms with Crippen LogP contribution in [0.4, 0.5) is 4.79 Å². The van der Waals surface area contributed by atoms with E-state index in [1.807, 2.05) is 0 Å². The van der Waals surface area contributed by atoms with E-state index in [2.05, 4.69) is 5.32 Å². The van der Waals surface area contributed by atoms with Crippen molar-refractivity contribution in [1.82, 2.24) is 5.32 Å². The lowest BCUT2D eigenvalue weighted by Gasteiger charge is -2.20. The predicted molar refractivity (Wildman–Crippen MR) is 66.7 cm³/mol. The number of hydrogen-bond donors (Lipinski definition) is 2. The second kappa shape index (κ2) is 7.60. The molecule has 1 amide bonds. The second-order valence-corrected chi connectivity index (χ2v) is 5.08. The fourth-order valence-corrected chi connectivity index (χ4v) is 1.08. The Morgan fingerprint density at radius 2 is 1.79 bits per heavy atom. The molecule has 0 fully saturated rings. The van der Waals surface area contributed by atoms with Gasteiger partial charge in [0.1, 0.15) is 11.7 Å². The average molecular weight is 275 g/mol. The van der Waals surface area contributed by atoms with Crippen LogP contribution in [-0.4, -0.2) is 41.4 Å². The minimum atomic E-state index is -1.06. The van der Waals surface area contributed by atoms with Crippen molar-refractivity contribution in [3.05, 3.63) is 0 Å². The summed E-state index contributed by atoms with van der Waals surface area (Å²) in [6.45, 7) is 6.91. The van der Waals surface area contributed by atoms with Crippen LogP contribution >= 0.6 is 0 Å². The van der Waals surface area contributed by atoms with Gasteiger partial charge in [0.25, 0.3) is 0 Å². The van der Waals surface area contributed by atoms with Crippen LogP contribution in [0.5, 0.6) is 0 Å². The van der Waals surface area contributed by atoms with E-state index in [0.29, 0.717) is 0 Å². The third-order valence-electron chi connectivity index (χ3n) is 1.81. The van der Waals surface area contributed by atoms with E-state index >= 15 is 0 Å². The number of rotatable bonds is 6. The standard InChI is InChI=1S/C12H21NO6/c1-8(18-10(16)6-5-9(14)15)7-13-11(17)19-12(2,3)4/h8H,5-7H2,1-4H3,(H,13,17)(H,14,15)/t8-/m0/s1. The van der Waals surface area contributed by atoms with E-state index in [1.54, 1.807) is 27.7 Å². The Bertz CT molecular complexity index is 334. The molecular formula is C12H21NO6. The molecule has 0 aromatic rings. The molecule has 0 aliphatic rings. The van der Waals surface area contributed by atoms with Crippen LogP contribution in [0.1, 0.15) is 40.5 Å². The highest BCUT2D eigenvalue weighted by Crippen LogP contribution is 2.06. The smallest absolute Gasteiger partial charge is 0.407 e. The van der Waals surface area contributed by atoms with Gasteiger partial charge in [-0.3, -0.25) is 9.59 Å². The number of esters is 1. The number of carboxylic acid groups (broad SMARTS) is 1. The van der Waals surface area contributed by atoms with Gasteiger partial charge in [0, 0.05) is 0 Å². The van der Waals surface area contributed by atoms with E-state index < -0.39 is 29.7 Å². The predicted octanol–water partition coefficient (Wildman–Crippen LogP) is 1.31. The number of aliphatic carboxylic acids is 1. The molecule has 7 nitrogen and oxygen atoms in total. The zero-order valence-electron chi connectivity index (χ0n) is 11.7. The monoisotopic (exact) mass is 275 g/mol. The average Bonchev–Trinajstić information content (AvgIpc) is 2.21. The maximum Gasteiger partial charge on any atom is 0.407 e. The topological polar surface area (TPSA) is 102 Å². The van der Waals surface area contributed by atoms with Gasteiger partial charge < -0.3 is 19.9 Å². The van der Waals surface area contributed by atoms with Crippen molar-refractivity contribution in [3.8, 4) is 0 Å². The number of alkyl carbamates (subject to hydrolysis) is 1. The third-order valence-corrected chi connectivity index (χ3v) is 1.81. The first-order valence-corrected chi connectivity index (χ1v) is 5.98. The molecule has 0 radical (unpaired) electrons. The lowest BCUT2D eigenvalue weighted by molar-refractivity contribution is -0.151. The maximum absolute atomic E-state index is 11.3. The van der Waals surface area contributed by atoms with Crippen molar-refractivity contribution in [1.29, 1.82) is 0 Å². The molecule has 110 valence electrons. The van der Waals surface area contributed by atoms with Gasteiger partial charge in [-0.25, -0.2) is 4.79 Å². The Morgan fingerprint density at radius 1 is 1.21 bits per heavy atom. The molecule has 19 heavy (non-hydrogen) atoms. The van der Waals surface area contributed by atoms with Crippen LogP contribution < -0.4 is 5.32 Å². The number of ether oxygens (including phenoxy) is 2. The second-order valence-electron chi connectivity index (χ2n) is 5.08. The highest BCUT2D eigenvalue weighted by Gasteiger charge is 2.17. The van der Waals surface area contributed by atoms with E-state index in [1.165, 1.54) is 0 Å². The number of carboxylic acids is 1. The largest absolute Gasteiger partial charge is 0.481 e. The number of hydrogen-bond acceptors (Lipinski definition) is 5. The fourth-order valence-electron chi connectivity index (χ4n) is 1.08. The molecule has 0 saturated carbocycles. The van der Waals surface area contributed by atoms with Crippen molar-refractivity contribution >= 4 is 18.0 Å². The van der Waals surface area contributed by atoms with Crippen molar-refractivity contribution in [3.63, 3.8) is 0 Å². The molecule has 0 aliphatic carbocycles. The summed E-state index contributed by atoms with van der Waals surface area (Å²) < 4.78 is 9.91. The fraction of sp³-hybridized carbons (Fsp3) is 0.750. The molecule has 0 rings (SSSR count). The van der Waals surface area contributed by atoms with Gasteiger partial charge in [-0.15, -0.1) is 0 Å². The molecule has 7 heteroatoms. The van der Waals surface area contributed by atoms with E-state index in [0.717, 1.165) is 0 Å². The quantitative estimate of drug-likeness (QED) is 0.708. The zero-order valence-corrected chi connectivity index (χ0v) is 11.7. The molecule has 2 N–H and O–H groups in total. The summed E-state index contributed by atoms with van der Waals surface area (Å²) >= 11 is 0. The highest BCUT2D eigenvalue weighted by atomic mass is 16.6. The van der Waals surface area contributed by atoms with Gasteiger partial charge in [-0.1, -0.05) is 0 Å². The van der Waals surface area contributed by atoms with Crippen LogP contribution in [0.25, 0.3) is 0 Å². The zero-order chi connectivity index (χ0) is 15.1. The summed E-state index contributed by atoms with van der Waals surface area (Å²) in [6, 6.07) is 0.